The molecule has 1 saturated heterocycles. The molecule has 0 radical (unpaired) electrons. The van der Waals surface area contributed by atoms with Gasteiger partial charge in [-0.15, -0.1) is 6.58 Å². The Hall–Kier alpha value is -0.830. The number of nitrogens with one attached hydrogen (secondary N) is 1. The third kappa shape index (κ3) is 2.66. The number of hydrogen-bond donors (Lipinski definition) is 1. The number of carbonyl (C=O) groups is 1. The second-order valence-electron chi connectivity index (χ2n) is 3.23. The van der Waals surface area contributed by atoms with Gasteiger partial charge < -0.3 is 5.32 Å². The molecule has 68 valence electrons. The molecule has 1 amide bonds. The van der Waals surface area contributed by atoms with Crippen molar-refractivity contribution in [1.29, 1.82) is 0 Å². The van der Waals surface area contributed by atoms with Crippen molar-refractivity contribution in [1.82, 2.24) is 10.2 Å². The van der Waals surface area contributed by atoms with E-state index in [1.54, 1.807) is 6.92 Å². The summed E-state index contributed by atoms with van der Waals surface area (Å²) < 4.78 is 0. The molecule has 0 saturated carbocycles. The first-order chi connectivity index (χ1) is 5.72. The Labute approximate surface area is 73.4 Å². The summed E-state index contributed by atoms with van der Waals surface area (Å²) in [5, 5.41) is 2.92. The van der Waals surface area contributed by atoms with Crippen LogP contribution in [0.2, 0.25) is 0 Å². The fourth-order valence-electron chi connectivity index (χ4n) is 1.59. The summed E-state index contributed by atoms with van der Waals surface area (Å²) in [6.07, 6.45) is 2.96. The molecule has 1 N–H and O–H groups in total. The highest BCUT2D eigenvalue weighted by Gasteiger charge is 2.21. The van der Waals surface area contributed by atoms with Crippen LogP contribution in [0.15, 0.2) is 12.7 Å². The molecule has 0 bridgehead atoms. The van der Waals surface area contributed by atoms with Crippen LogP contribution in [0.25, 0.3) is 0 Å². The van der Waals surface area contributed by atoms with Crippen LogP contribution < -0.4 is 5.32 Å². The minimum Gasteiger partial charge on any atom is -0.352 e. The summed E-state index contributed by atoms with van der Waals surface area (Å²) in [5.74, 6) is 0.0699. The van der Waals surface area contributed by atoms with Gasteiger partial charge in [-0.05, 0) is 6.42 Å². The third-order valence-corrected chi connectivity index (χ3v) is 2.07. The van der Waals surface area contributed by atoms with Crippen LogP contribution in [0.4, 0.5) is 0 Å². The summed E-state index contributed by atoms with van der Waals surface area (Å²) in [6, 6.07) is 0.349. The monoisotopic (exact) mass is 168 g/mol. The molecular weight excluding hydrogens is 152 g/mol. The topological polar surface area (TPSA) is 32.3 Å². The van der Waals surface area contributed by atoms with Crippen LogP contribution >= 0.6 is 0 Å². The molecule has 0 spiro atoms. The predicted molar refractivity (Wildman–Crippen MR) is 48.9 cm³/mol. The maximum Gasteiger partial charge on any atom is 0.217 e. The van der Waals surface area contributed by atoms with E-state index in [4.69, 9.17) is 0 Å². The first-order valence-corrected chi connectivity index (χ1v) is 4.32. The van der Waals surface area contributed by atoms with Gasteiger partial charge in [0.15, 0.2) is 0 Å². The van der Waals surface area contributed by atoms with Gasteiger partial charge in [-0.3, -0.25) is 9.69 Å². The largest absolute Gasteiger partial charge is 0.352 e. The fraction of sp³-hybridized carbons (Fsp3) is 0.667. The minimum atomic E-state index is 0.0699. The minimum absolute atomic E-state index is 0.0699. The number of hydrogen-bond acceptors (Lipinski definition) is 2. The zero-order chi connectivity index (χ0) is 8.97. The van der Waals surface area contributed by atoms with Crippen molar-refractivity contribution in [2.24, 2.45) is 0 Å². The number of carbonyl (C=O) groups excluding carboxylic acids is 1. The van der Waals surface area contributed by atoms with Crippen LogP contribution in [0.1, 0.15) is 13.3 Å². The Morgan fingerprint density at radius 3 is 3.17 bits per heavy atom. The molecule has 0 aliphatic carbocycles. The van der Waals surface area contributed by atoms with E-state index in [2.05, 4.69) is 16.8 Å². The summed E-state index contributed by atoms with van der Waals surface area (Å²) in [6.45, 7) is 8.20. The second-order valence-corrected chi connectivity index (χ2v) is 3.23. The second kappa shape index (κ2) is 4.26. The summed E-state index contributed by atoms with van der Waals surface area (Å²) >= 11 is 0. The maximum atomic E-state index is 10.7. The molecule has 1 heterocycles. The lowest BCUT2D eigenvalue weighted by atomic mass is 10.3. The highest BCUT2D eigenvalue weighted by atomic mass is 16.1. The number of rotatable bonds is 3. The Morgan fingerprint density at radius 2 is 2.58 bits per heavy atom. The SMILES string of the molecule is C=CCN1CCC(NC(C)=O)C1. The standard InChI is InChI=1S/C9H16N2O/c1-3-5-11-6-4-9(7-11)10-8(2)12/h3,9H,1,4-7H2,2H3,(H,10,12). The van der Waals surface area contributed by atoms with Crippen molar-refractivity contribution in [3.63, 3.8) is 0 Å². The van der Waals surface area contributed by atoms with Gasteiger partial charge in [-0.2, -0.15) is 0 Å². The van der Waals surface area contributed by atoms with Crippen molar-refractivity contribution in [3.8, 4) is 0 Å². The van der Waals surface area contributed by atoms with Gasteiger partial charge in [0.25, 0.3) is 0 Å². The predicted octanol–water partition coefficient (Wildman–Crippen LogP) is 0.383. The third-order valence-electron chi connectivity index (χ3n) is 2.07. The van der Waals surface area contributed by atoms with E-state index in [-0.39, 0.29) is 5.91 Å². The van der Waals surface area contributed by atoms with Gasteiger partial charge >= 0.3 is 0 Å². The molecule has 0 aromatic heterocycles. The van der Waals surface area contributed by atoms with E-state index in [1.165, 1.54) is 0 Å². The van der Waals surface area contributed by atoms with E-state index < -0.39 is 0 Å². The first kappa shape index (κ1) is 9.26. The van der Waals surface area contributed by atoms with E-state index in [0.717, 1.165) is 26.1 Å². The molecule has 1 rings (SSSR count). The molecule has 0 aromatic rings. The number of amides is 1. The Balaban J connectivity index is 2.25. The first-order valence-electron chi connectivity index (χ1n) is 4.32. The molecule has 0 aromatic carbocycles. The van der Waals surface area contributed by atoms with Gasteiger partial charge in [-0.25, -0.2) is 0 Å². The zero-order valence-corrected chi connectivity index (χ0v) is 7.55. The number of nitrogens with zero attached hydrogens (tertiary/aromatic N) is 1. The lowest BCUT2D eigenvalue weighted by Gasteiger charge is -2.13. The highest BCUT2D eigenvalue weighted by molar-refractivity contribution is 5.73. The number of likely N-dealkylation sites (tertiary alicyclic amines) is 1. The van der Waals surface area contributed by atoms with Crippen LogP contribution in [-0.2, 0) is 4.79 Å². The molecule has 1 unspecified atom stereocenters. The Kier molecular flexibility index (Phi) is 3.29. The normalized spacial score (nSPS) is 23.9. The zero-order valence-electron chi connectivity index (χ0n) is 7.55. The van der Waals surface area contributed by atoms with Gasteiger partial charge in [0.2, 0.25) is 5.91 Å². The van der Waals surface area contributed by atoms with Crippen molar-refractivity contribution in [2.75, 3.05) is 19.6 Å². The molecule has 12 heavy (non-hydrogen) atoms. The Bertz CT molecular complexity index is 179. The lowest BCUT2D eigenvalue weighted by molar-refractivity contribution is -0.119. The fourth-order valence-corrected chi connectivity index (χ4v) is 1.59. The van der Waals surface area contributed by atoms with E-state index in [9.17, 15) is 4.79 Å². The highest BCUT2D eigenvalue weighted by Crippen LogP contribution is 2.07. The van der Waals surface area contributed by atoms with Crippen molar-refractivity contribution in [3.05, 3.63) is 12.7 Å². The average Bonchev–Trinajstić information content (AvgIpc) is 2.36. The van der Waals surface area contributed by atoms with Crippen molar-refractivity contribution in [2.45, 2.75) is 19.4 Å². The smallest absolute Gasteiger partial charge is 0.217 e. The van der Waals surface area contributed by atoms with Crippen LogP contribution in [0.3, 0.4) is 0 Å². The summed E-state index contributed by atoms with van der Waals surface area (Å²) in [7, 11) is 0. The van der Waals surface area contributed by atoms with Gasteiger partial charge in [0.05, 0.1) is 0 Å². The molecule has 1 fully saturated rings. The molecule has 1 atom stereocenters. The molecule has 3 heteroatoms. The van der Waals surface area contributed by atoms with E-state index >= 15 is 0 Å². The quantitative estimate of drug-likeness (QED) is 0.618. The van der Waals surface area contributed by atoms with Crippen LogP contribution in [-0.4, -0.2) is 36.5 Å². The molecule has 3 nitrogen and oxygen atoms in total. The van der Waals surface area contributed by atoms with Gasteiger partial charge in [0.1, 0.15) is 0 Å². The van der Waals surface area contributed by atoms with E-state index in [0.29, 0.717) is 6.04 Å². The van der Waals surface area contributed by atoms with Gasteiger partial charge in [0, 0.05) is 32.6 Å². The van der Waals surface area contributed by atoms with E-state index in [1.807, 2.05) is 6.08 Å². The van der Waals surface area contributed by atoms with Crippen LogP contribution in [0.5, 0.6) is 0 Å². The summed E-state index contributed by atoms with van der Waals surface area (Å²) in [5.41, 5.74) is 0. The Morgan fingerprint density at radius 1 is 1.83 bits per heavy atom. The average molecular weight is 168 g/mol. The lowest BCUT2D eigenvalue weighted by Crippen LogP contribution is -2.35. The molecular formula is C9H16N2O. The van der Waals surface area contributed by atoms with Crippen molar-refractivity contribution < 1.29 is 4.79 Å². The van der Waals surface area contributed by atoms with Crippen molar-refractivity contribution >= 4 is 5.91 Å². The summed E-state index contributed by atoms with van der Waals surface area (Å²) in [4.78, 5) is 13.0. The maximum absolute atomic E-state index is 10.7. The molecule has 1 aliphatic heterocycles. The van der Waals surface area contributed by atoms with Gasteiger partial charge in [-0.1, -0.05) is 6.08 Å². The van der Waals surface area contributed by atoms with Crippen LogP contribution in [0, 0.1) is 0 Å². The molecule has 1 aliphatic rings.